The minimum Gasteiger partial charge on any atom is -0.310 e. The zero-order chi connectivity index (χ0) is 22.4. The lowest BCUT2D eigenvalue weighted by Gasteiger charge is -2.31. The first-order valence-corrected chi connectivity index (χ1v) is 12.5. The van der Waals surface area contributed by atoms with Crippen LogP contribution < -0.4 is 5.32 Å². The van der Waals surface area contributed by atoms with E-state index in [2.05, 4.69) is 59.4 Å². The summed E-state index contributed by atoms with van der Waals surface area (Å²) >= 11 is 1.92. The molecule has 0 fully saturated rings. The quantitative estimate of drug-likeness (QED) is 0.354. The number of benzene rings is 2. The zero-order valence-corrected chi connectivity index (χ0v) is 19.6. The van der Waals surface area contributed by atoms with Crippen molar-refractivity contribution in [1.29, 1.82) is 0 Å². The molecule has 2 aliphatic rings. The monoisotopic (exact) mass is 453 g/mol. The summed E-state index contributed by atoms with van der Waals surface area (Å²) in [5, 5.41) is 4.44. The predicted molar refractivity (Wildman–Crippen MR) is 134 cm³/mol. The van der Waals surface area contributed by atoms with Gasteiger partial charge >= 0.3 is 6.03 Å². The number of anilines is 1. The van der Waals surface area contributed by atoms with Gasteiger partial charge in [0.1, 0.15) is 5.00 Å². The fourth-order valence-electron chi connectivity index (χ4n) is 5.20. The van der Waals surface area contributed by atoms with Crippen molar-refractivity contribution in [3.8, 4) is 5.00 Å². The smallest absolute Gasteiger partial charge is 0.310 e. The molecular formula is C28H27N3OS. The fourth-order valence-corrected chi connectivity index (χ4v) is 6.61. The van der Waals surface area contributed by atoms with Crippen LogP contribution in [-0.4, -0.2) is 15.5 Å². The molecule has 2 amide bonds. The van der Waals surface area contributed by atoms with E-state index in [1.54, 1.807) is 0 Å². The SMILES string of the molecule is Cc1ccc([C@@H]2c3cccn3-c3sc4c(c3CN2C(=O)Nc2ccccc2)CCCC4)cc1. The number of carbonyl (C=O) groups is 1. The van der Waals surface area contributed by atoms with Crippen molar-refractivity contribution in [2.75, 3.05) is 5.32 Å². The number of hydrogen-bond donors (Lipinski definition) is 1. The molecule has 1 atom stereocenters. The maximum atomic E-state index is 13.8. The van der Waals surface area contributed by atoms with Gasteiger partial charge in [-0.15, -0.1) is 11.3 Å². The van der Waals surface area contributed by atoms with Crippen LogP contribution in [0.2, 0.25) is 0 Å². The Hall–Kier alpha value is -3.31. The summed E-state index contributed by atoms with van der Waals surface area (Å²) < 4.78 is 2.33. The number of amides is 2. The van der Waals surface area contributed by atoms with Crippen LogP contribution >= 0.6 is 11.3 Å². The van der Waals surface area contributed by atoms with Crippen molar-refractivity contribution in [2.45, 2.75) is 45.2 Å². The van der Waals surface area contributed by atoms with Crippen molar-refractivity contribution in [3.63, 3.8) is 0 Å². The maximum Gasteiger partial charge on any atom is 0.322 e. The van der Waals surface area contributed by atoms with E-state index in [0.29, 0.717) is 6.54 Å². The van der Waals surface area contributed by atoms with Crippen molar-refractivity contribution in [3.05, 3.63) is 106 Å². The molecular weight excluding hydrogens is 426 g/mol. The van der Waals surface area contributed by atoms with Crippen molar-refractivity contribution < 1.29 is 4.79 Å². The third kappa shape index (κ3) is 3.57. The molecule has 0 radical (unpaired) electrons. The first kappa shape index (κ1) is 20.3. The Balaban J connectivity index is 1.51. The number of urea groups is 1. The van der Waals surface area contributed by atoms with E-state index in [9.17, 15) is 4.79 Å². The average molecular weight is 454 g/mol. The molecule has 3 heterocycles. The van der Waals surface area contributed by atoms with Crippen LogP contribution in [0.3, 0.4) is 0 Å². The molecule has 1 N–H and O–H groups in total. The Labute approximate surface area is 198 Å². The highest BCUT2D eigenvalue weighted by Crippen LogP contribution is 2.44. The Bertz CT molecular complexity index is 1300. The summed E-state index contributed by atoms with van der Waals surface area (Å²) in [5.74, 6) is 0. The molecule has 0 saturated heterocycles. The van der Waals surface area contributed by atoms with E-state index >= 15 is 0 Å². The van der Waals surface area contributed by atoms with Crippen LogP contribution in [0, 0.1) is 6.92 Å². The molecule has 2 aromatic carbocycles. The molecule has 0 spiro atoms. The van der Waals surface area contributed by atoms with Crippen LogP contribution in [0.25, 0.3) is 5.00 Å². The van der Waals surface area contributed by atoms with Gasteiger partial charge in [-0.1, -0.05) is 48.0 Å². The number of rotatable bonds is 2. The van der Waals surface area contributed by atoms with Crippen molar-refractivity contribution in [1.82, 2.24) is 9.47 Å². The first-order chi connectivity index (χ1) is 16.2. The Morgan fingerprint density at radius 2 is 1.73 bits per heavy atom. The lowest BCUT2D eigenvalue weighted by atomic mass is 9.95. The summed E-state index contributed by atoms with van der Waals surface area (Å²) in [6.07, 6.45) is 6.92. The summed E-state index contributed by atoms with van der Waals surface area (Å²) in [4.78, 5) is 17.3. The van der Waals surface area contributed by atoms with E-state index in [0.717, 1.165) is 29.8 Å². The maximum absolute atomic E-state index is 13.8. The summed E-state index contributed by atoms with van der Waals surface area (Å²) in [6, 6.07) is 22.4. The second-order valence-corrected chi connectivity index (χ2v) is 10.1. The van der Waals surface area contributed by atoms with E-state index in [1.807, 2.05) is 46.6 Å². The van der Waals surface area contributed by atoms with Crippen LogP contribution in [-0.2, 0) is 19.4 Å². The van der Waals surface area contributed by atoms with E-state index in [4.69, 9.17) is 0 Å². The highest BCUT2D eigenvalue weighted by atomic mass is 32.1. The van der Waals surface area contributed by atoms with Gasteiger partial charge < -0.3 is 14.8 Å². The minimum absolute atomic E-state index is 0.0665. The standard InChI is InChI=1S/C28H27N3OS/c1-19-13-15-20(16-14-19)26-24-11-7-17-30(24)27-23(22-10-5-6-12-25(22)33-27)18-31(26)28(32)29-21-8-3-2-4-9-21/h2-4,7-9,11,13-17,26H,5-6,10,12,18H2,1H3,(H,29,32)/t26-/m1/s1. The second kappa shape index (κ2) is 8.23. The van der Waals surface area contributed by atoms with Crippen LogP contribution in [0.1, 0.15) is 51.7 Å². The van der Waals surface area contributed by atoms with Crippen molar-refractivity contribution in [2.24, 2.45) is 0 Å². The lowest BCUT2D eigenvalue weighted by molar-refractivity contribution is 0.194. The second-order valence-electron chi connectivity index (χ2n) is 9.03. The molecule has 1 aliphatic carbocycles. The number of carbonyl (C=O) groups excluding carboxylic acids is 1. The number of aromatic nitrogens is 1. The van der Waals surface area contributed by atoms with Gasteiger partial charge in [-0.3, -0.25) is 0 Å². The number of nitrogens with one attached hydrogen (secondary N) is 1. The van der Waals surface area contributed by atoms with Crippen LogP contribution in [0.4, 0.5) is 10.5 Å². The highest BCUT2D eigenvalue weighted by Gasteiger charge is 2.36. The molecule has 2 aromatic heterocycles. The number of aryl methyl sites for hydroxylation is 2. The number of fused-ring (bicyclic) bond motifs is 5. The summed E-state index contributed by atoms with van der Waals surface area (Å²) in [6.45, 7) is 2.71. The van der Waals surface area contributed by atoms with Crippen LogP contribution in [0.5, 0.6) is 0 Å². The number of hydrogen-bond acceptors (Lipinski definition) is 2. The summed E-state index contributed by atoms with van der Waals surface area (Å²) in [7, 11) is 0. The minimum atomic E-state index is -0.164. The largest absolute Gasteiger partial charge is 0.322 e. The Kier molecular flexibility index (Phi) is 5.07. The average Bonchev–Trinajstić information content (AvgIpc) is 3.42. The van der Waals surface area contributed by atoms with Gasteiger partial charge in [0.2, 0.25) is 0 Å². The highest BCUT2D eigenvalue weighted by molar-refractivity contribution is 7.15. The van der Waals surface area contributed by atoms with E-state index in [-0.39, 0.29) is 12.1 Å². The Morgan fingerprint density at radius 3 is 2.55 bits per heavy atom. The van der Waals surface area contributed by atoms with Crippen LogP contribution in [0.15, 0.2) is 72.9 Å². The normalized spacial score (nSPS) is 17.0. The molecule has 0 unspecified atom stereocenters. The van der Waals surface area contributed by atoms with Crippen molar-refractivity contribution >= 4 is 23.1 Å². The molecule has 33 heavy (non-hydrogen) atoms. The summed E-state index contributed by atoms with van der Waals surface area (Å²) in [5.41, 5.74) is 7.11. The van der Waals surface area contributed by atoms with Gasteiger partial charge in [0.05, 0.1) is 18.3 Å². The molecule has 0 saturated carbocycles. The zero-order valence-electron chi connectivity index (χ0n) is 18.8. The fraction of sp³-hybridized carbons (Fsp3) is 0.250. The molecule has 6 rings (SSSR count). The molecule has 0 bridgehead atoms. The van der Waals surface area contributed by atoms with Gasteiger partial charge in [-0.05, 0) is 68.0 Å². The van der Waals surface area contributed by atoms with Gasteiger partial charge in [-0.2, -0.15) is 0 Å². The molecule has 1 aliphatic heterocycles. The van der Waals surface area contributed by atoms with Gasteiger partial charge in [0, 0.05) is 22.3 Å². The number of thiophene rings is 1. The van der Waals surface area contributed by atoms with E-state index < -0.39 is 0 Å². The predicted octanol–water partition coefficient (Wildman–Crippen LogP) is 6.86. The number of para-hydroxylation sites is 1. The third-order valence-electron chi connectivity index (χ3n) is 6.86. The molecule has 166 valence electrons. The lowest BCUT2D eigenvalue weighted by Crippen LogP contribution is -2.38. The van der Waals surface area contributed by atoms with E-state index in [1.165, 1.54) is 39.4 Å². The van der Waals surface area contributed by atoms with Gasteiger partial charge in [0.15, 0.2) is 0 Å². The molecule has 4 nitrogen and oxygen atoms in total. The number of nitrogens with zero attached hydrogens (tertiary/aromatic N) is 2. The van der Waals surface area contributed by atoms with Gasteiger partial charge in [0.25, 0.3) is 0 Å². The third-order valence-corrected chi connectivity index (χ3v) is 8.19. The van der Waals surface area contributed by atoms with Gasteiger partial charge in [-0.25, -0.2) is 4.79 Å². The Morgan fingerprint density at radius 1 is 0.939 bits per heavy atom. The first-order valence-electron chi connectivity index (χ1n) is 11.7. The topological polar surface area (TPSA) is 37.3 Å². The molecule has 5 heteroatoms. The molecule has 4 aromatic rings.